The normalized spacial score (nSPS) is 18.4. The number of aromatic nitrogens is 4. The van der Waals surface area contributed by atoms with E-state index in [0.717, 1.165) is 31.2 Å². The van der Waals surface area contributed by atoms with E-state index in [1.807, 2.05) is 0 Å². The smallest absolute Gasteiger partial charge is 0.288 e. The van der Waals surface area contributed by atoms with E-state index in [0.29, 0.717) is 4.47 Å². The summed E-state index contributed by atoms with van der Waals surface area (Å²) in [5.74, 6) is 1.87. The Morgan fingerprint density at radius 1 is 1.50 bits per heavy atom. The molecule has 104 valence electrons. The van der Waals surface area contributed by atoms with E-state index >= 15 is 0 Å². The zero-order chi connectivity index (χ0) is 14.1. The van der Waals surface area contributed by atoms with Gasteiger partial charge in [0.05, 0.1) is 9.40 Å². The molecular formula is C11H11BrN6O2. The van der Waals surface area contributed by atoms with Gasteiger partial charge in [-0.25, -0.2) is 9.97 Å². The number of rotatable bonds is 3. The molecule has 2 aromatic rings. The highest BCUT2D eigenvalue weighted by atomic mass is 79.9. The third-order valence-electron chi connectivity index (χ3n) is 3.33. The zero-order valence-corrected chi connectivity index (χ0v) is 11.9. The number of nitrogens with zero attached hydrogens (tertiary/aromatic N) is 5. The molecule has 9 heteroatoms. The van der Waals surface area contributed by atoms with Crippen molar-refractivity contribution in [2.45, 2.75) is 12.3 Å². The number of halogens is 1. The molecule has 0 aromatic carbocycles. The van der Waals surface area contributed by atoms with Crippen LogP contribution in [0.2, 0.25) is 0 Å². The number of nitrogens with one attached hydrogen (secondary N) is 1. The van der Waals surface area contributed by atoms with Gasteiger partial charge in [0.15, 0.2) is 0 Å². The molecule has 0 spiro atoms. The van der Waals surface area contributed by atoms with Crippen molar-refractivity contribution < 1.29 is 4.92 Å². The summed E-state index contributed by atoms with van der Waals surface area (Å²) in [5.41, 5.74) is -0.0217. The Kier molecular flexibility index (Phi) is 3.35. The van der Waals surface area contributed by atoms with Crippen molar-refractivity contribution in [1.29, 1.82) is 0 Å². The average Bonchev–Trinajstić information content (AvgIpc) is 3.09. The predicted molar refractivity (Wildman–Crippen MR) is 74.5 cm³/mol. The first-order chi connectivity index (χ1) is 9.65. The van der Waals surface area contributed by atoms with Gasteiger partial charge in [-0.3, -0.25) is 15.2 Å². The summed E-state index contributed by atoms with van der Waals surface area (Å²) in [6.45, 7) is 1.59. The van der Waals surface area contributed by atoms with Crippen molar-refractivity contribution in [3.8, 4) is 0 Å². The molecule has 0 aliphatic carbocycles. The maximum atomic E-state index is 10.7. The van der Waals surface area contributed by atoms with Gasteiger partial charge in [-0.05, 0) is 22.4 Å². The molecule has 1 aliphatic heterocycles. The Morgan fingerprint density at radius 3 is 3.00 bits per heavy atom. The summed E-state index contributed by atoms with van der Waals surface area (Å²) >= 11 is 3.35. The molecule has 0 radical (unpaired) electrons. The zero-order valence-electron chi connectivity index (χ0n) is 10.4. The van der Waals surface area contributed by atoms with Crippen LogP contribution in [0.5, 0.6) is 0 Å². The Hall–Kier alpha value is -2.03. The standard InChI is InChI=1S/C11H11BrN6O2/c12-9-3-8(18(19)20)4-13-11(9)17-2-1-7(5-17)10-14-6-15-16-10/h3-4,6-7H,1-2,5H2,(H,14,15,16)/t7-/m1/s1. The van der Waals surface area contributed by atoms with Crippen LogP contribution in [0.15, 0.2) is 23.1 Å². The quantitative estimate of drug-likeness (QED) is 0.677. The maximum absolute atomic E-state index is 10.7. The first-order valence-corrected chi connectivity index (χ1v) is 6.84. The number of pyridine rings is 1. The third kappa shape index (κ3) is 2.36. The fourth-order valence-electron chi connectivity index (χ4n) is 2.34. The molecule has 1 N–H and O–H groups in total. The van der Waals surface area contributed by atoms with E-state index in [2.05, 4.69) is 41.0 Å². The summed E-state index contributed by atoms with van der Waals surface area (Å²) in [6, 6.07) is 1.48. The van der Waals surface area contributed by atoms with Crippen LogP contribution in [-0.4, -0.2) is 38.2 Å². The van der Waals surface area contributed by atoms with Gasteiger partial charge in [-0.15, -0.1) is 0 Å². The lowest BCUT2D eigenvalue weighted by Crippen LogP contribution is -2.21. The molecule has 3 rings (SSSR count). The Labute approximate surface area is 122 Å². The average molecular weight is 339 g/mol. The van der Waals surface area contributed by atoms with Crippen LogP contribution in [0.1, 0.15) is 18.2 Å². The topological polar surface area (TPSA) is 101 Å². The lowest BCUT2D eigenvalue weighted by Gasteiger charge is -2.18. The molecule has 8 nitrogen and oxygen atoms in total. The Morgan fingerprint density at radius 2 is 2.35 bits per heavy atom. The highest BCUT2D eigenvalue weighted by Crippen LogP contribution is 2.33. The fraction of sp³-hybridized carbons (Fsp3) is 0.364. The van der Waals surface area contributed by atoms with Gasteiger partial charge in [0.2, 0.25) is 0 Å². The minimum atomic E-state index is -0.456. The van der Waals surface area contributed by atoms with Crippen molar-refractivity contribution in [2.75, 3.05) is 18.0 Å². The van der Waals surface area contributed by atoms with E-state index in [4.69, 9.17) is 0 Å². The van der Waals surface area contributed by atoms with Crippen LogP contribution < -0.4 is 4.90 Å². The van der Waals surface area contributed by atoms with Crippen molar-refractivity contribution in [3.63, 3.8) is 0 Å². The lowest BCUT2D eigenvalue weighted by molar-refractivity contribution is -0.385. The van der Waals surface area contributed by atoms with Crippen LogP contribution >= 0.6 is 15.9 Å². The van der Waals surface area contributed by atoms with Gasteiger partial charge < -0.3 is 4.90 Å². The SMILES string of the molecule is O=[N+]([O-])c1cnc(N2CC[C@@H](c3ncn[nH]3)C2)c(Br)c1. The number of hydrogen-bond donors (Lipinski definition) is 1. The molecule has 0 bridgehead atoms. The molecule has 2 aromatic heterocycles. The second kappa shape index (κ2) is 5.16. The highest BCUT2D eigenvalue weighted by molar-refractivity contribution is 9.10. The highest BCUT2D eigenvalue weighted by Gasteiger charge is 2.28. The van der Waals surface area contributed by atoms with Crippen molar-refractivity contribution in [3.05, 3.63) is 39.0 Å². The number of anilines is 1. The fourth-order valence-corrected chi connectivity index (χ4v) is 2.93. The molecule has 20 heavy (non-hydrogen) atoms. The molecule has 1 atom stereocenters. The minimum Gasteiger partial charge on any atom is -0.355 e. The summed E-state index contributed by atoms with van der Waals surface area (Å²) in [5, 5.41) is 17.4. The van der Waals surface area contributed by atoms with E-state index in [9.17, 15) is 10.1 Å². The second-order valence-electron chi connectivity index (χ2n) is 4.56. The molecule has 0 unspecified atom stereocenters. The molecule has 0 amide bonds. The van der Waals surface area contributed by atoms with Crippen molar-refractivity contribution >= 4 is 27.4 Å². The molecule has 1 fully saturated rings. The first kappa shape index (κ1) is 13.0. The number of nitro groups is 1. The third-order valence-corrected chi connectivity index (χ3v) is 3.91. The van der Waals surface area contributed by atoms with Gasteiger partial charge in [-0.2, -0.15) is 5.10 Å². The number of hydrogen-bond acceptors (Lipinski definition) is 6. The van der Waals surface area contributed by atoms with Crippen LogP contribution in [0, 0.1) is 10.1 Å². The summed E-state index contributed by atoms with van der Waals surface area (Å²) in [4.78, 5) is 20.7. The number of aromatic amines is 1. The molecule has 0 saturated carbocycles. The van der Waals surface area contributed by atoms with Gasteiger partial charge in [-0.1, -0.05) is 0 Å². The summed E-state index contributed by atoms with van der Waals surface area (Å²) in [7, 11) is 0. The van der Waals surface area contributed by atoms with E-state index in [-0.39, 0.29) is 11.6 Å². The van der Waals surface area contributed by atoms with Crippen LogP contribution in [0.25, 0.3) is 0 Å². The van der Waals surface area contributed by atoms with Crippen LogP contribution in [0.4, 0.5) is 11.5 Å². The monoisotopic (exact) mass is 338 g/mol. The van der Waals surface area contributed by atoms with Crippen LogP contribution in [0.3, 0.4) is 0 Å². The Bertz CT molecular complexity index is 632. The lowest BCUT2D eigenvalue weighted by atomic mass is 10.1. The van der Waals surface area contributed by atoms with Gasteiger partial charge in [0.25, 0.3) is 5.69 Å². The molecule has 1 aliphatic rings. The van der Waals surface area contributed by atoms with Gasteiger partial charge >= 0.3 is 0 Å². The Balaban J connectivity index is 1.79. The second-order valence-corrected chi connectivity index (χ2v) is 5.41. The summed E-state index contributed by atoms with van der Waals surface area (Å²) in [6.07, 6.45) is 3.72. The van der Waals surface area contributed by atoms with Crippen LogP contribution in [-0.2, 0) is 0 Å². The molecule has 1 saturated heterocycles. The summed E-state index contributed by atoms with van der Waals surface area (Å²) < 4.78 is 0.630. The molecule has 3 heterocycles. The van der Waals surface area contributed by atoms with Gasteiger partial charge in [0, 0.05) is 25.1 Å². The van der Waals surface area contributed by atoms with E-state index in [1.54, 1.807) is 0 Å². The number of H-pyrrole nitrogens is 1. The molecular weight excluding hydrogens is 328 g/mol. The maximum Gasteiger partial charge on any atom is 0.288 e. The predicted octanol–water partition coefficient (Wildman–Crippen LogP) is 1.86. The first-order valence-electron chi connectivity index (χ1n) is 6.05. The van der Waals surface area contributed by atoms with Crippen molar-refractivity contribution in [2.24, 2.45) is 0 Å². The largest absolute Gasteiger partial charge is 0.355 e. The van der Waals surface area contributed by atoms with E-state index in [1.165, 1.54) is 18.6 Å². The van der Waals surface area contributed by atoms with E-state index < -0.39 is 4.92 Å². The van der Waals surface area contributed by atoms with Gasteiger partial charge in [0.1, 0.15) is 24.2 Å². The minimum absolute atomic E-state index is 0.0217. The van der Waals surface area contributed by atoms with Crippen molar-refractivity contribution in [1.82, 2.24) is 20.2 Å².